The number of halogens is 1. The Labute approximate surface area is 157 Å². The van der Waals surface area contributed by atoms with Crippen LogP contribution in [0.5, 0.6) is 11.5 Å². The maximum atomic E-state index is 14.3. The number of methoxy groups -OCH3 is 1. The fourth-order valence-electron chi connectivity index (χ4n) is 3.88. The highest BCUT2D eigenvalue weighted by Crippen LogP contribution is 2.40. The van der Waals surface area contributed by atoms with Gasteiger partial charge in [0.25, 0.3) is 5.91 Å². The van der Waals surface area contributed by atoms with Gasteiger partial charge in [-0.05, 0) is 54.2 Å². The molecule has 1 aliphatic heterocycles. The molecule has 1 fully saturated rings. The third-order valence-electron chi connectivity index (χ3n) is 5.40. The van der Waals surface area contributed by atoms with Gasteiger partial charge in [-0.1, -0.05) is 12.1 Å². The van der Waals surface area contributed by atoms with Gasteiger partial charge in [-0.2, -0.15) is 0 Å². The van der Waals surface area contributed by atoms with E-state index in [0.29, 0.717) is 19.4 Å². The number of hydrogen-bond acceptors (Lipinski definition) is 4. The normalized spacial score (nSPS) is 21.6. The molecule has 0 aromatic heterocycles. The zero-order chi connectivity index (χ0) is 19.0. The van der Waals surface area contributed by atoms with Gasteiger partial charge in [0.1, 0.15) is 22.9 Å². The first-order chi connectivity index (χ1) is 13.1. The second-order valence-electron chi connectivity index (χ2n) is 7.12. The minimum absolute atomic E-state index is 0.0992. The van der Waals surface area contributed by atoms with Crippen molar-refractivity contribution in [3.05, 3.63) is 58.9 Å². The zero-order valence-corrected chi connectivity index (χ0v) is 15.1. The number of aliphatic hydroxyl groups excluding tert-OH is 1. The fourth-order valence-corrected chi connectivity index (χ4v) is 3.88. The number of nitrogens with one attached hydrogen (secondary N) is 1. The summed E-state index contributed by atoms with van der Waals surface area (Å²) in [5, 5.41) is 12.7. The summed E-state index contributed by atoms with van der Waals surface area (Å²) in [5.41, 5.74) is 1.95. The smallest absolute Gasteiger partial charge is 0.258 e. The van der Waals surface area contributed by atoms with Gasteiger partial charge >= 0.3 is 0 Å². The van der Waals surface area contributed by atoms with Crippen molar-refractivity contribution in [3.63, 3.8) is 0 Å². The minimum atomic E-state index is -0.624. The molecule has 2 aromatic rings. The van der Waals surface area contributed by atoms with Crippen LogP contribution in [0, 0.1) is 11.7 Å². The Balaban J connectivity index is 1.63. The first-order valence-electron chi connectivity index (χ1n) is 9.14. The molecule has 0 radical (unpaired) electrons. The molecule has 1 saturated carbocycles. The van der Waals surface area contributed by atoms with Crippen LogP contribution >= 0.6 is 0 Å². The van der Waals surface area contributed by atoms with Gasteiger partial charge in [-0.15, -0.1) is 0 Å². The molecule has 2 aromatic carbocycles. The van der Waals surface area contributed by atoms with E-state index in [9.17, 15) is 14.3 Å². The Hall–Kier alpha value is -2.60. The molecule has 142 valence electrons. The summed E-state index contributed by atoms with van der Waals surface area (Å²) >= 11 is 0. The van der Waals surface area contributed by atoms with Crippen LogP contribution in [0.25, 0.3) is 0 Å². The molecule has 27 heavy (non-hydrogen) atoms. The van der Waals surface area contributed by atoms with E-state index in [1.807, 2.05) is 18.2 Å². The molecule has 0 bridgehead atoms. The molecular formula is C21H22FNO4. The van der Waals surface area contributed by atoms with Gasteiger partial charge in [-0.3, -0.25) is 4.79 Å². The lowest BCUT2D eigenvalue weighted by Gasteiger charge is -2.38. The van der Waals surface area contributed by atoms with Crippen LogP contribution in [0.2, 0.25) is 0 Å². The number of carbonyl (C=O) groups is 1. The number of benzene rings is 2. The minimum Gasteiger partial charge on any atom is -0.496 e. The van der Waals surface area contributed by atoms with E-state index in [1.54, 1.807) is 6.07 Å². The number of fused-ring (bicyclic) bond motifs is 1. The lowest BCUT2D eigenvalue weighted by atomic mass is 9.74. The zero-order valence-electron chi connectivity index (χ0n) is 15.1. The highest BCUT2D eigenvalue weighted by Gasteiger charge is 2.37. The largest absolute Gasteiger partial charge is 0.496 e. The molecule has 2 aliphatic rings. The summed E-state index contributed by atoms with van der Waals surface area (Å²) < 4.78 is 25.0. The first kappa shape index (κ1) is 17.8. The summed E-state index contributed by atoms with van der Waals surface area (Å²) in [6.45, 7) is 0.657. The van der Waals surface area contributed by atoms with Gasteiger partial charge in [0.2, 0.25) is 0 Å². The summed E-state index contributed by atoms with van der Waals surface area (Å²) in [5.74, 6) is 0.0206. The lowest BCUT2D eigenvalue weighted by molar-refractivity contribution is 0.0234. The molecule has 1 aliphatic carbocycles. The number of carbonyl (C=O) groups excluding carboxylic acids is 1. The SMILES string of the molecule is COc1cccc(F)c1C(=O)N[C@@H](c1ccc2c(c1)CCO2)C1CC(O)C1. The molecular weight excluding hydrogens is 349 g/mol. The van der Waals surface area contributed by atoms with Crippen LogP contribution in [0.15, 0.2) is 36.4 Å². The lowest BCUT2D eigenvalue weighted by Crippen LogP contribution is -2.41. The van der Waals surface area contributed by atoms with Crippen molar-refractivity contribution in [2.75, 3.05) is 13.7 Å². The number of ether oxygens (including phenoxy) is 2. The van der Waals surface area contributed by atoms with Crippen LogP contribution in [-0.2, 0) is 6.42 Å². The van der Waals surface area contributed by atoms with Crippen molar-refractivity contribution in [1.82, 2.24) is 5.32 Å². The van der Waals surface area contributed by atoms with Crippen molar-refractivity contribution in [2.45, 2.75) is 31.4 Å². The molecule has 0 unspecified atom stereocenters. The van der Waals surface area contributed by atoms with Gasteiger partial charge in [0, 0.05) is 6.42 Å². The quantitative estimate of drug-likeness (QED) is 0.848. The summed E-state index contributed by atoms with van der Waals surface area (Å²) in [4.78, 5) is 12.9. The van der Waals surface area contributed by atoms with Crippen molar-refractivity contribution in [2.24, 2.45) is 5.92 Å². The molecule has 6 heteroatoms. The van der Waals surface area contributed by atoms with E-state index in [1.165, 1.54) is 19.2 Å². The van der Waals surface area contributed by atoms with E-state index >= 15 is 0 Å². The molecule has 0 saturated heterocycles. The second kappa shape index (κ2) is 7.19. The Morgan fingerprint density at radius 1 is 1.33 bits per heavy atom. The molecule has 0 spiro atoms. The number of aliphatic hydroxyl groups is 1. The maximum absolute atomic E-state index is 14.3. The van der Waals surface area contributed by atoms with E-state index in [-0.39, 0.29) is 29.4 Å². The van der Waals surface area contributed by atoms with E-state index < -0.39 is 11.7 Å². The first-order valence-corrected chi connectivity index (χ1v) is 9.14. The second-order valence-corrected chi connectivity index (χ2v) is 7.12. The average Bonchev–Trinajstić information content (AvgIpc) is 3.11. The predicted octanol–water partition coefficient (Wildman–Crippen LogP) is 3.01. The van der Waals surface area contributed by atoms with Gasteiger partial charge in [-0.25, -0.2) is 4.39 Å². The van der Waals surface area contributed by atoms with E-state index in [4.69, 9.17) is 9.47 Å². The Kier molecular flexibility index (Phi) is 4.74. The third kappa shape index (κ3) is 3.37. The Morgan fingerprint density at radius 2 is 2.15 bits per heavy atom. The number of hydrogen-bond donors (Lipinski definition) is 2. The van der Waals surface area contributed by atoms with Crippen LogP contribution in [0.4, 0.5) is 4.39 Å². The van der Waals surface area contributed by atoms with Crippen molar-refractivity contribution < 1.29 is 23.8 Å². The van der Waals surface area contributed by atoms with Crippen LogP contribution < -0.4 is 14.8 Å². The third-order valence-corrected chi connectivity index (χ3v) is 5.40. The van der Waals surface area contributed by atoms with Crippen molar-refractivity contribution in [3.8, 4) is 11.5 Å². The van der Waals surface area contributed by atoms with Crippen LogP contribution in [0.3, 0.4) is 0 Å². The highest BCUT2D eigenvalue weighted by molar-refractivity contribution is 5.97. The summed E-state index contributed by atoms with van der Waals surface area (Å²) in [6.07, 6.45) is 1.69. The standard InChI is InChI=1S/C21H22FNO4/c1-26-18-4-2-3-16(22)19(18)21(25)23-20(14-10-15(24)11-14)13-5-6-17-12(9-13)7-8-27-17/h2-6,9,14-15,20,24H,7-8,10-11H2,1H3,(H,23,25)/t14?,15?,20-/m0/s1. The van der Waals surface area contributed by atoms with Crippen molar-refractivity contribution in [1.29, 1.82) is 0 Å². The summed E-state index contributed by atoms with van der Waals surface area (Å²) in [6, 6.07) is 9.88. The average molecular weight is 371 g/mol. The molecule has 4 rings (SSSR count). The van der Waals surface area contributed by atoms with Crippen LogP contribution in [0.1, 0.15) is 40.4 Å². The monoisotopic (exact) mass is 371 g/mol. The number of rotatable bonds is 5. The van der Waals surface area contributed by atoms with E-state index in [0.717, 1.165) is 23.3 Å². The Morgan fingerprint density at radius 3 is 2.89 bits per heavy atom. The Bertz CT molecular complexity index is 863. The van der Waals surface area contributed by atoms with Gasteiger partial charge in [0.15, 0.2) is 0 Å². The summed E-state index contributed by atoms with van der Waals surface area (Å²) in [7, 11) is 1.41. The van der Waals surface area contributed by atoms with Crippen LogP contribution in [-0.4, -0.2) is 30.8 Å². The number of amides is 1. The topological polar surface area (TPSA) is 67.8 Å². The maximum Gasteiger partial charge on any atom is 0.258 e. The van der Waals surface area contributed by atoms with Crippen molar-refractivity contribution >= 4 is 5.91 Å². The molecule has 1 heterocycles. The molecule has 1 amide bonds. The van der Waals surface area contributed by atoms with Gasteiger partial charge < -0.3 is 19.9 Å². The van der Waals surface area contributed by atoms with Gasteiger partial charge in [0.05, 0.1) is 25.9 Å². The molecule has 2 N–H and O–H groups in total. The van der Waals surface area contributed by atoms with E-state index in [2.05, 4.69) is 5.32 Å². The molecule has 5 nitrogen and oxygen atoms in total. The molecule has 1 atom stereocenters. The fraction of sp³-hybridized carbons (Fsp3) is 0.381. The highest BCUT2D eigenvalue weighted by atomic mass is 19.1. The predicted molar refractivity (Wildman–Crippen MR) is 97.5 cm³/mol.